The van der Waals surface area contributed by atoms with Crippen molar-refractivity contribution in [3.8, 4) is 5.75 Å². The highest BCUT2D eigenvalue weighted by molar-refractivity contribution is 6.32. The van der Waals surface area contributed by atoms with Crippen molar-refractivity contribution in [2.24, 2.45) is 5.92 Å². The van der Waals surface area contributed by atoms with Gasteiger partial charge in [0.2, 0.25) is 0 Å². The van der Waals surface area contributed by atoms with Crippen molar-refractivity contribution >= 4 is 11.6 Å². The van der Waals surface area contributed by atoms with E-state index in [2.05, 4.69) is 32.2 Å². The fourth-order valence-electron chi connectivity index (χ4n) is 2.35. The smallest absolute Gasteiger partial charge is 0.142 e. The average molecular weight is 312 g/mol. The molecule has 1 atom stereocenters. The summed E-state index contributed by atoms with van der Waals surface area (Å²) in [5.74, 6) is 1.48. The van der Waals surface area contributed by atoms with Gasteiger partial charge in [-0.2, -0.15) is 0 Å². The zero-order chi connectivity index (χ0) is 15.5. The fraction of sp³-hybridized carbons (Fsp3) is 0.667. The van der Waals surface area contributed by atoms with Gasteiger partial charge in [0.15, 0.2) is 0 Å². The molecule has 0 bridgehead atoms. The lowest BCUT2D eigenvalue weighted by Gasteiger charge is -2.18. The highest BCUT2D eigenvalue weighted by Crippen LogP contribution is 2.29. The van der Waals surface area contributed by atoms with Gasteiger partial charge in [0.05, 0.1) is 11.6 Å². The molecule has 0 radical (unpaired) electrons. The Kier molecular flexibility index (Phi) is 9.53. The Morgan fingerprint density at radius 2 is 2.00 bits per heavy atom. The normalized spacial score (nSPS) is 12.4. The monoisotopic (exact) mass is 311 g/mol. The van der Waals surface area contributed by atoms with Crippen molar-refractivity contribution in [3.63, 3.8) is 0 Å². The van der Waals surface area contributed by atoms with Crippen molar-refractivity contribution in [2.75, 3.05) is 13.2 Å². The van der Waals surface area contributed by atoms with Gasteiger partial charge >= 0.3 is 0 Å². The lowest BCUT2D eigenvalue weighted by atomic mass is 10.0. The number of rotatable bonds is 11. The number of nitrogens with one attached hydrogen (secondary N) is 1. The van der Waals surface area contributed by atoms with E-state index in [9.17, 15) is 0 Å². The lowest BCUT2D eigenvalue weighted by molar-refractivity contribution is 0.231. The van der Waals surface area contributed by atoms with Crippen molar-refractivity contribution in [2.45, 2.75) is 59.4 Å². The Morgan fingerprint density at radius 1 is 1.19 bits per heavy atom. The summed E-state index contributed by atoms with van der Waals surface area (Å²) in [5, 5.41) is 4.13. The van der Waals surface area contributed by atoms with Crippen LogP contribution in [0.25, 0.3) is 0 Å². The minimum atomic E-state index is 0.623. The van der Waals surface area contributed by atoms with Crippen LogP contribution in [0, 0.1) is 5.92 Å². The molecule has 2 nitrogen and oxygen atoms in total. The van der Waals surface area contributed by atoms with E-state index in [1.54, 1.807) is 0 Å². The number of unbranched alkanes of at least 4 members (excludes halogenated alkanes) is 1. The van der Waals surface area contributed by atoms with E-state index in [4.69, 9.17) is 16.3 Å². The summed E-state index contributed by atoms with van der Waals surface area (Å²) < 4.78 is 6.08. The maximum atomic E-state index is 6.32. The molecule has 1 aromatic carbocycles. The molecule has 0 amide bonds. The molecule has 1 aromatic rings. The number of benzene rings is 1. The zero-order valence-corrected chi connectivity index (χ0v) is 14.5. The molecule has 0 aliphatic rings. The van der Waals surface area contributed by atoms with Gasteiger partial charge in [-0.05, 0) is 31.4 Å². The van der Waals surface area contributed by atoms with Gasteiger partial charge in [0.25, 0.3) is 0 Å². The highest BCUT2D eigenvalue weighted by Gasteiger charge is 2.12. The first-order chi connectivity index (χ1) is 10.2. The van der Waals surface area contributed by atoms with Crippen LogP contribution < -0.4 is 10.1 Å². The molecule has 3 heteroatoms. The number of hydrogen-bond donors (Lipinski definition) is 1. The molecule has 0 saturated carbocycles. The van der Waals surface area contributed by atoms with Crippen LogP contribution in [-0.2, 0) is 6.54 Å². The van der Waals surface area contributed by atoms with Crippen LogP contribution in [0.15, 0.2) is 18.2 Å². The Labute approximate surface area is 135 Å². The number of ether oxygens (including phenoxy) is 1. The first kappa shape index (κ1) is 18.3. The summed E-state index contributed by atoms with van der Waals surface area (Å²) in [6.07, 6.45) is 6.05. The molecule has 1 unspecified atom stereocenters. The van der Waals surface area contributed by atoms with E-state index in [0.29, 0.717) is 5.92 Å². The molecule has 1 rings (SSSR count). The molecule has 0 spiro atoms. The Bertz CT molecular complexity index is 395. The fourth-order valence-corrected chi connectivity index (χ4v) is 2.60. The third kappa shape index (κ3) is 6.71. The summed E-state index contributed by atoms with van der Waals surface area (Å²) in [4.78, 5) is 0. The van der Waals surface area contributed by atoms with E-state index < -0.39 is 0 Å². The summed E-state index contributed by atoms with van der Waals surface area (Å²) in [6.45, 7) is 9.23. The van der Waals surface area contributed by atoms with Gasteiger partial charge in [-0.25, -0.2) is 0 Å². The van der Waals surface area contributed by atoms with Crippen molar-refractivity contribution < 1.29 is 4.74 Å². The second-order valence-corrected chi connectivity index (χ2v) is 6.04. The third-order valence-electron chi connectivity index (χ3n) is 3.80. The molecule has 0 saturated heterocycles. The van der Waals surface area contributed by atoms with Crippen LogP contribution in [0.5, 0.6) is 5.75 Å². The van der Waals surface area contributed by atoms with E-state index >= 15 is 0 Å². The van der Waals surface area contributed by atoms with Gasteiger partial charge in [0.1, 0.15) is 5.75 Å². The van der Waals surface area contributed by atoms with Gasteiger partial charge < -0.3 is 10.1 Å². The molecule has 0 aromatic heterocycles. The topological polar surface area (TPSA) is 21.3 Å². The quantitative estimate of drug-likeness (QED) is 0.550. The van der Waals surface area contributed by atoms with Gasteiger partial charge in [0, 0.05) is 12.1 Å². The first-order valence-corrected chi connectivity index (χ1v) is 8.71. The predicted octanol–water partition coefficient (Wildman–Crippen LogP) is 5.43. The zero-order valence-electron chi connectivity index (χ0n) is 13.8. The average Bonchev–Trinajstić information content (AvgIpc) is 2.49. The van der Waals surface area contributed by atoms with E-state index in [0.717, 1.165) is 48.9 Å². The van der Waals surface area contributed by atoms with Gasteiger partial charge in [-0.15, -0.1) is 0 Å². The van der Waals surface area contributed by atoms with Crippen molar-refractivity contribution in [1.82, 2.24) is 5.32 Å². The minimum absolute atomic E-state index is 0.623. The molecule has 0 fully saturated rings. The lowest BCUT2D eigenvalue weighted by Crippen LogP contribution is -2.16. The second-order valence-electron chi connectivity index (χ2n) is 5.63. The summed E-state index contributed by atoms with van der Waals surface area (Å²) in [7, 11) is 0. The minimum Gasteiger partial charge on any atom is -0.491 e. The third-order valence-corrected chi connectivity index (χ3v) is 4.10. The van der Waals surface area contributed by atoms with Crippen molar-refractivity contribution in [1.29, 1.82) is 0 Å². The molecule has 120 valence electrons. The Morgan fingerprint density at radius 3 is 2.67 bits per heavy atom. The first-order valence-electron chi connectivity index (χ1n) is 8.33. The van der Waals surface area contributed by atoms with Crippen LogP contribution in [0.1, 0.15) is 58.4 Å². The predicted molar refractivity (Wildman–Crippen MR) is 92.3 cm³/mol. The molecular formula is C18H30ClNO. The van der Waals surface area contributed by atoms with Crippen LogP contribution in [0.3, 0.4) is 0 Å². The maximum absolute atomic E-state index is 6.32. The van der Waals surface area contributed by atoms with Gasteiger partial charge in [-0.1, -0.05) is 63.8 Å². The summed E-state index contributed by atoms with van der Waals surface area (Å²) in [6, 6.07) is 6.00. The molecular weight excluding hydrogens is 282 g/mol. The Hall–Kier alpha value is -0.730. The summed E-state index contributed by atoms with van der Waals surface area (Å²) in [5.41, 5.74) is 1.15. The van der Waals surface area contributed by atoms with Crippen LogP contribution in [-0.4, -0.2) is 13.2 Å². The number of para-hydroxylation sites is 1. The second kappa shape index (κ2) is 10.9. The van der Waals surface area contributed by atoms with E-state index in [1.807, 2.05) is 12.1 Å². The standard InChI is InChI=1S/C18H30ClNO/c1-4-7-9-15(6-3)14-21-18-16(13-20-12-5-2)10-8-11-17(18)19/h8,10-11,15,20H,4-7,9,12-14H2,1-3H3. The van der Waals surface area contributed by atoms with E-state index in [-0.39, 0.29) is 0 Å². The van der Waals surface area contributed by atoms with Gasteiger partial charge in [-0.3, -0.25) is 0 Å². The molecule has 1 N–H and O–H groups in total. The SMILES string of the molecule is CCCCC(CC)COc1c(Cl)cccc1CNCCC. The molecule has 0 aliphatic carbocycles. The summed E-state index contributed by atoms with van der Waals surface area (Å²) >= 11 is 6.32. The largest absolute Gasteiger partial charge is 0.491 e. The number of hydrogen-bond acceptors (Lipinski definition) is 2. The molecule has 0 aliphatic heterocycles. The van der Waals surface area contributed by atoms with Crippen LogP contribution in [0.4, 0.5) is 0 Å². The Balaban J connectivity index is 2.63. The molecule has 21 heavy (non-hydrogen) atoms. The maximum Gasteiger partial charge on any atom is 0.142 e. The molecule has 0 heterocycles. The van der Waals surface area contributed by atoms with E-state index in [1.165, 1.54) is 19.3 Å². The number of halogens is 1. The van der Waals surface area contributed by atoms with Crippen LogP contribution >= 0.6 is 11.6 Å². The van der Waals surface area contributed by atoms with Crippen LogP contribution in [0.2, 0.25) is 5.02 Å². The van der Waals surface area contributed by atoms with Crippen molar-refractivity contribution in [3.05, 3.63) is 28.8 Å². The highest BCUT2D eigenvalue weighted by atomic mass is 35.5.